The fourth-order valence-electron chi connectivity index (χ4n) is 2.71. The minimum absolute atomic E-state index is 0.138. The molecule has 1 aliphatic carbocycles. The summed E-state index contributed by atoms with van der Waals surface area (Å²) in [6.45, 7) is 2.86. The lowest BCUT2D eigenvalue weighted by atomic mass is 9.81. The van der Waals surface area contributed by atoms with Crippen molar-refractivity contribution >= 4 is 11.6 Å². The number of hydrogen-bond donors (Lipinski definition) is 2. The largest absolute Gasteiger partial charge is 0.451 e. The molecule has 0 spiro atoms. The molecule has 1 aromatic heterocycles. The van der Waals surface area contributed by atoms with Gasteiger partial charge in [-0.25, -0.2) is 9.97 Å². The van der Waals surface area contributed by atoms with Gasteiger partial charge in [0.1, 0.15) is 11.6 Å². The van der Waals surface area contributed by atoms with Gasteiger partial charge in [0.05, 0.1) is 0 Å². The van der Waals surface area contributed by atoms with E-state index in [1.54, 1.807) is 0 Å². The summed E-state index contributed by atoms with van der Waals surface area (Å²) in [5.41, 5.74) is 5.39. The number of nitrogens with two attached hydrogens (primary N) is 1. The summed E-state index contributed by atoms with van der Waals surface area (Å²) in [5.74, 6) is 0.210. The highest BCUT2D eigenvalue weighted by atomic mass is 19.4. The van der Waals surface area contributed by atoms with Gasteiger partial charge >= 0.3 is 6.18 Å². The monoisotopic (exact) mass is 302 g/mol. The first-order valence-corrected chi connectivity index (χ1v) is 7.30. The van der Waals surface area contributed by atoms with Gasteiger partial charge in [0, 0.05) is 12.6 Å². The summed E-state index contributed by atoms with van der Waals surface area (Å²) in [5, 5.41) is 2.93. The normalized spacial score (nSPS) is 23.0. The standard InChI is InChI=1S/C14H21F3N4/c1-9-2-4-10(5-3-9)6-7-19-12-8-11(18)20-13(21-12)14(15,16)17/h8-10H,2-7H2,1H3,(H3,18,19,20,21). The molecule has 0 bridgehead atoms. The maximum atomic E-state index is 12.6. The van der Waals surface area contributed by atoms with Crippen LogP contribution >= 0.6 is 0 Å². The molecule has 4 nitrogen and oxygen atoms in total. The number of halogens is 3. The smallest absolute Gasteiger partial charge is 0.384 e. The molecule has 1 aliphatic rings. The number of nitrogens with one attached hydrogen (secondary N) is 1. The maximum absolute atomic E-state index is 12.6. The Morgan fingerprint density at radius 3 is 2.52 bits per heavy atom. The molecule has 1 heterocycles. The zero-order valence-corrected chi connectivity index (χ0v) is 12.1. The molecule has 0 atom stereocenters. The van der Waals surface area contributed by atoms with E-state index < -0.39 is 12.0 Å². The van der Waals surface area contributed by atoms with Crippen LogP contribution < -0.4 is 11.1 Å². The van der Waals surface area contributed by atoms with E-state index >= 15 is 0 Å². The Labute approximate surface area is 122 Å². The number of alkyl halides is 3. The van der Waals surface area contributed by atoms with Crippen molar-refractivity contribution in [3.05, 3.63) is 11.9 Å². The lowest BCUT2D eigenvalue weighted by molar-refractivity contribution is -0.144. The number of hydrogen-bond acceptors (Lipinski definition) is 4. The van der Waals surface area contributed by atoms with Crippen LogP contribution in [0, 0.1) is 11.8 Å². The van der Waals surface area contributed by atoms with Gasteiger partial charge in [0.15, 0.2) is 0 Å². The van der Waals surface area contributed by atoms with Crippen LogP contribution in [-0.4, -0.2) is 16.5 Å². The Kier molecular flexibility index (Phi) is 4.90. The summed E-state index contributed by atoms with van der Waals surface area (Å²) in [7, 11) is 0. The van der Waals surface area contributed by atoms with Gasteiger partial charge in [-0.1, -0.05) is 32.6 Å². The van der Waals surface area contributed by atoms with E-state index in [4.69, 9.17) is 5.73 Å². The number of nitrogens with zero attached hydrogens (tertiary/aromatic N) is 2. The molecule has 1 aromatic rings. The molecular formula is C14H21F3N4. The van der Waals surface area contributed by atoms with Crippen molar-refractivity contribution in [3.63, 3.8) is 0 Å². The van der Waals surface area contributed by atoms with E-state index in [0.717, 1.165) is 12.3 Å². The molecule has 0 saturated heterocycles. The first kappa shape index (κ1) is 15.9. The van der Waals surface area contributed by atoms with Gasteiger partial charge in [-0.2, -0.15) is 13.2 Å². The molecule has 0 unspecified atom stereocenters. The van der Waals surface area contributed by atoms with Gasteiger partial charge in [-0.3, -0.25) is 0 Å². The van der Waals surface area contributed by atoms with E-state index in [-0.39, 0.29) is 11.6 Å². The molecular weight excluding hydrogens is 281 g/mol. The quantitative estimate of drug-likeness (QED) is 0.890. The second-order valence-electron chi connectivity index (χ2n) is 5.84. The summed E-state index contributed by atoms with van der Waals surface area (Å²) in [6, 6.07) is 1.33. The zero-order valence-electron chi connectivity index (χ0n) is 12.1. The highest BCUT2D eigenvalue weighted by molar-refractivity contribution is 5.44. The van der Waals surface area contributed by atoms with Crippen LogP contribution in [-0.2, 0) is 6.18 Å². The summed E-state index contributed by atoms with van der Waals surface area (Å²) in [4.78, 5) is 6.69. The molecule has 1 fully saturated rings. The minimum Gasteiger partial charge on any atom is -0.384 e. The Morgan fingerprint density at radius 1 is 1.24 bits per heavy atom. The fourth-order valence-corrected chi connectivity index (χ4v) is 2.71. The Morgan fingerprint density at radius 2 is 1.90 bits per heavy atom. The lowest BCUT2D eigenvalue weighted by Gasteiger charge is -2.26. The molecule has 0 aromatic carbocycles. The number of nitrogen functional groups attached to an aromatic ring is 1. The maximum Gasteiger partial charge on any atom is 0.451 e. The van der Waals surface area contributed by atoms with E-state index in [9.17, 15) is 13.2 Å². The molecule has 118 valence electrons. The van der Waals surface area contributed by atoms with Crippen molar-refractivity contribution < 1.29 is 13.2 Å². The summed E-state index contributed by atoms with van der Waals surface area (Å²) in [6.07, 6.45) is 1.24. The Bertz CT molecular complexity index is 468. The van der Waals surface area contributed by atoms with Crippen molar-refractivity contribution in [2.75, 3.05) is 17.6 Å². The van der Waals surface area contributed by atoms with E-state index in [1.165, 1.54) is 31.7 Å². The van der Waals surface area contributed by atoms with Gasteiger partial charge < -0.3 is 11.1 Å². The highest BCUT2D eigenvalue weighted by Crippen LogP contribution is 2.30. The molecule has 3 N–H and O–H groups in total. The van der Waals surface area contributed by atoms with E-state index in [1.807, 2.05) is 0 Å². The zero-order chi connectivity index (χ0) is 15.5. The first-order valence-electron chi connectivity index (χ1n) is 7.30. The Hall–Kier alpha value is -1.53. The average Bonchev–Trinajstić information content (AvgIpc) is 2.39. The van der Waals surface area contributed by atoms with Crippen LogP contribution in [0.15, 0.2) is 6.07 Å². The topological polar surface area (TPSA) is 63.8 Å². The second kappa shape index (κ2) is 6.49. The third-order valence-corrected chi connectivity index (χ3v) is 3.99. The fraction of sp³-hybridized carbons (Fsp3) is 0.714. The van der Waals surface area contributed by atoms with Gasteiger partial charge in [-0.05, 0) is 18.3 Å². The number of aromatic nitrogens is 2. The number of anilines is 2. The van der Waals surface area contributed by atoms with Crippen LogP contribution in [0.1, 0.15) is 44.9 Å². The predicted molar refractivity (Wildman–Crippen MR) is 75.7 cm³/mol. The van der Waals surface area contributed by atoms with Crippen LogP contribution in [0.25, 0.3) is 0 Å². The molecule has 1 saturated carbocycles. The Balaban J connectivity index is 1.87. The van der Waals surface area contributed by atoms with Crippen molar-refractivity contribution in [2.24, 2.45) is 11.8 Å². The molecule has 21 heavy (non-hydrogen) atoms. The van der Waals surface area contributed by atoms with Crippen molar-refractivity contribution in [3.8, 4) is 0 Å². The van der Waals surface area contributed by atoms with Crippen molar-refractivity contribution in [1.29, 1.82) is 0 Å². The van der Waals surface area contributed by atoms with Crippen LogP contribution in [0.4, 0.5) is 24.8 Å². The van der Waals surface area contributed by atoms with Gasteiger partial charge in [0.2, 0.25) is 5.82 Å². The molecule has 0 amide bonds. The third kappa shape index (κ3) is 4.75. The molecule has 0 radical (unpaired) electrons. The van der Waals surface area contributed by atoms with Crippen LogP contribution in [0.5, 0.6) is 0 Å². The summed E-state index contributed by atoms with van der Waals surface area (Å²) < 4.78 is 37.8. The van der Waals surface area contributed by atoms with Crippen LogP contribution in [0.2, 0.25) is 0 Å². The van der Waals surface area contributed by atoms with E-state index in [0.29, 0.717) is 12.5 Å². The van der Waals surface area contributed by atoms with Crippen LogP contribution in [0.3, 0.4) is 0 Å². The van der Waals surface area contributed by atoms with Crippen molar-refractivity contribution in [1.82, 2.24) is 9.97 Å². The number of rotatable bonds is 4. The molecule has 7 heteroatoms. The minimum atomic E-state index is -4.58. The van der Waals surface area contributed by atoms with Gasteiger partial charge in [-0.15, -0.1) is 0 Å². The molecule has 2 rings (SSSR count). The highest BCUT2D eigenvalue weighted by Gasteiger charge is 2.35. The average molecular weight is 302 g/mol. The van der Waals surface area contributed by atoms with Gasteiger partial charge in [0.25, 0.3) is 0 Å². The van der Waals surface area contributed by atoms with E-state index in [2.05, 4.69) is 22.2 Å². The molecule has 0 aliphatic heterocycles. The lowest BCUT2D eigenvalue weighted by Crippen LogP contribution is -2.18. The van der Waals surface area contributed by atoms with Crippen molar-refractivity contribution in [2.45, 2.75) is 45.2 Å². The third-order valence-electron chi connectivity index (χ3n) is 3.99. The summed E-state index contributed by atoms with van der Waals surface area (Å²) >= 11 is 0. The SMILES string of the molecule is CC1CCC(CCNc2cc(N)nc(C(F)(F)F)n2)CC1. The first-order chi connectivity index (χ1) is 9.84. The second-order valence-corrected chi connectivity index (χ2v) is 5.84. The predicted octanol–water partition coefficient (Wildman–Crippen LogP) is 3.71.